The second kappa shape index (κ2) is 20.6. The molecule has 0 atom stereocenters. The van der Waals surface area contributed by atoms with Crippen LogP contribution in [0.2, 0.25) is 0 Å². The molecule has 1 radical (unpaired) electrons. The minimum Gasteiger partial charge on any atom is -0.427 e. The molecule has 79 valence electrons. The normalized spacial score (nSPS) is 8.31. The zero-order valence-corrected chi connectivity index (χ0v) is 15.0. The number of hydrogen-bond acceptors (Lipinski definition) is 9. The van der Waals surface area contributed by atoms with Crippen LogP contribution >= 0.6 is 0 Å². The van der Waals surface area contributed by atoms with Crippen molar-refractivity contribution in [3.63, 3.8) is 0 Å². The van der Waals surface area contributed by atoms with Gasteiger partial charge in [-0.25, -0.2) is 0 Å². The van der Waals surface area contributed by atoms with E-state index in [1.54, 1.807) is 0 Å². The van der Waals surface area contributed by atoms with Gasteiger partial charge >= 0.3 is 40.8 Å². The fourth-order valence-corrected chi connectivity index (χ4v) is 0. The van der Waals surface area contributed by atoms with Crippen LogP contribution in [0.1, 0.15) is 0 Å². The van der Waals surface area contributed by atoms with Crippen LogP contribution in [0.4, 0.5) is 0 Å². The fourth-order valence-electron chi connectivity index (χ4n) is 0. The van der Waals surface area contributed by atoms with Gasteiger partial charge in [-0.3, -0.25) is 0 Å². The molecule has 0 aliphatic heterocycles. The third-order valence-corrected chi connectivity index (χ3v) is 0. The summed E-state index contributed by atoms with van der Waals surface area (Å²) in [7, 11) is 0. The molecular weight excluding hydrogens is 669 g/mol. The van der Waals surface area contributed by atoms with Crippen LogP contribution in [-0.4, -0.2) is 0 Å². The van der Waals surface area contributed by atoms with E-state index in [1.165, 1.54) is 0 Å². The summed E-state index contributed by atoms with van der Waals surface area (Å²) in [6, 6.07) is 0. The van der Waals surface area contributed by atoms with Gasteiger partial charge in [0.2, 0.25) is 0 Å². The minimum absolute atomic E-state index is 0. The van der Waals surface area contributed by atoms with Gasteiger partial charge in [0.25, 0.3) is 63.2 Å². The van der Waals surface area contributed by atoms with E-state index in [4.69, 9.17) is 30.9 Å². The molecule has 0 aromatic heterocycles. The van der Waals surface area contributed by atoms with Gasteiger partial charge in [0.05, 0.1) is 0 Å². The Hall–Kier alpha value is 3.18. The molecule has 0 saturated heterocycles. The van der Waals surface area contributed by atoms with Crippen molar-refractivity contribution in [2.24, 2.45) is 0 Å². The van der Waals surface area contributed by atoms with E-state index in [9.17, 15) is 0 Å². The predicted octanol–water partition coefficient (Wildman–Crippen LogP) is -19.7. The fraction of sp³-hybridized carbons (Fsp3) is 0. The van der Waals surface area contributed by atoms with Crippen molar-refractivity contribution in [1.29, 1.82) is 0 Å². The number of rotatable bonds is 0. The standard InChI is InChI=1S/3IO3.Nd/c3*2-1(3)4;/q3*-1;+3. The zero-order valence-electron chi connectivity index (χ0n) is 5.31. The maximum absolute atomic E-state index is 8.57. The van der Waals surface area contributed by atoms with Gasteiger partial charge in [0.15, 0.2) is 0 Å². The molecule has 13 heavy (non-hydrogen) atoms. The van der Waals surface area contributed by atoms with Gasteiger partial charge in [-0.05, 0) is 0 Å². The van der Waals surface area contributed by atoms with Crippen molar-refractivity contribution < 1.29 is 135 Å². The molecule has 0 aliphatic rings. The van der Waals surface area contributed by atoms with Crippen LogP contribution in [0.3, 0.4) is 0 Å². The van der Waals surface area contributed by atoms with E-state index in [0.717, 1.165) is 0 Å². The topological polar surface area (TPSA) is 208 Å². The summed E-state index contributed by atoms with van der Waals surface area (Å²) < 4.78 is 77.2. The molecule has 0 amide bonds. The summed E-state index contributed by atoms with van der Waals surface area (Å²) in [6.45, 7) is 0. The zero-order chi connectivity index (χ0) is 10.7. The van der Waals surface area contributed by atoms with Crippen LogP contribution in [0.5, 0.6) is 0 Å². The monoisotopic (exact) mass is 667 g/mol. The van der Waals surface area contributed by atoms with Gasteiger partial charge in [0.1, 0.15) is 0 Å². The summed E-state index contributed by atoms with van der Waals surface area (Å²) in [4.78, 5) is 0. The van der Waals surface area contributed by atoms with Crippen molar-refractivity contribution in [3.8, 4) is 0 Å². The van der Waals surface area contributed by atoms with Gasteiger partial charge < -0.3 is 30.9 Å². The van der Waals surface area contributed by atoms with Gasteiger partial charge in [0, 0.05) is 0 Å². The van der Waals surface area contributed by atoms with Crippen LogP contribution < -0.4 is 94.1 Å². The quantitative estimate of drug-likeness (QED) is 0.224. The summed E-state index contributed by atoms with van der Waals surface area (Å²) in [5.41, 5.74) is 0. The molecule has 0 spiro atoms. The van der Waals surface area contributed by atoms with E-state index in [-0.39, 0.29) is 40.8 Å². The van der Waals surface area contributed by atoms with E-state index < -0.39 is 63.2 Å². The Bertz CT molecular complexity index is 43.4. The maximum atomic E-state index is 8.57. The van der Waals surface area contributed by atoms with Gasteiger partial charge in [-0.15, -0.1) is 0 Å². The third kappa shape index (κ3) is 261. The molecule has 0 aromatic rings. The number of hydrogen-bond donors (Lipinski definition) is 0. The first-order valence-corrected chi connectivity index (χ1v) is 9.32. The third-order valence-electron chi connectivity index (χ3n) is 0. The molecule has 0 bridgehead atoms. The Morgan fingerprint density at radius 2 is 0.385 bits per heavy atom. The first kappa shape index (κ1) is 25.1. The molecule has 0 heterocycles. The van der Waals surface area contributed by atoms with Crippen LogP contribution in [0.15, 0.2) is 0 Å². The molecule has 13 heteroatoms. The first-order valence-electron chi connectivity index (χ1n) is 1.39. The van der Waals surface area contributed by atoms with Gasteiger partial charge in [-0.2, -0.15) is 0 Å². The van der Waals surface area contributed by atoms with Crippen LogP contribution in [0, 0.1) is 40.8 Å². The largest absolute Gasteiger partial charge is 3.00 e. The van der Waals surface area contributed by atoms with E-state index in [0.29, 0.717) is 0 Å². The summed E-state index contributed by atoms with van der Waals surface area (Å²) >= 11 is -12.0. The predicted molar refractivity (Wildman–Crippen MR) is 0 cm³/mol. The molecule has 9 nitrogen and oxygen atoms in total. The van der Waals surface area contributed by atoms with Gasteiger partial charge in [-0.1, -0.05) is 0 Å². The Morgan fingerprint density at radius 1 is 0.385 bits per heavy atom. The summed E-state index contributed by atoms with van der Waals surface area (Å²) in [5, 5.41) is 0. The average molecular weight is 669 g/mol. The molecule has 0 aliphatic carbocycles. The van der Waals surface area contributed by atoms with Crippen molar-refractivity contribution in [2.45, 2.75) is 0 Å². The first-order chi connectivity index (χ1) is 5.20. The molecule has 0 saturated carbocycles. The molecule has 0 fully saturated rings. The van der Waals surface area contributed by atoms with Crippen molar-refractivity contribution in [3.05, 3.63) is 0 Å². The van der Waals surface area contributed by atoms with Crippen LogP contribution in [-0.2, 0) is 0 Å². The molecule has 0 unspecified atom stereocenters. The number of halogens is 3. The second-order valence-electron chi connectivity index (χ2n) is 0.567. The average Bonchev–Trinajstić information content (AvgIpc) is 1.54. The smallest absolute Gasteiger partial charge is 0.427 e. The molecule has 0 N–H and O–H groups in total. The molecule has 0 aromatic carbocycles. The second-order valence-corrected chi connectivity index (χ2v) is 3.80. The van der Waals surface area contributed by atoms with Crippen molar-refractivity contribution >= 4 is 0 Å². The van der Waals surface area contributed by atoms with E-state index in [1.807, 2.05) is 0 Å². The Morgan fingerprint density at radius 3 is 0.385 bits per heavy atom. The van der Waals surface area contributed by atoms with E-state index >= 15 is 0 Å². The minimum atomic E-state index is -4.01. The molecule has 0 rings (SSSR count). The SMILES string of the molecule is [Nd+3].[O-][I+2]([O-])[O-].[O-][I+2]([O-])[O-].[O-][I+2]([O-])[O-]. The van der Waals surface area contributed by atoms with E-state index in [2.05, 4.69) is 0 Å². The van der Waals surface area contributed by atoms with Crippen LogP contribution in [0.25, 0.3) is 0 Å². The Labute approximate surface area is 132 Å². The van der Waals surface area contributed by atoms with Crippen molar-refractivity contribution in [1.82, 2.24) is 0 Å². The summed E-state index contributed by atoms with van der Waals surface area (Å²) in [6.07, 6.45) is 0. The van der Waals surface area contributed by atoms with Crippen molar-refractivity contribution in [2.75, 3.05) is 0 Å². The Balaban J connectivity index is -0.0000000450. The summed E-state index contributed by atoms with van der Waals surface area (Å²) in [5.74, 6) is 0. The Kier molecular flexibility index (Phi) is 39.8. The molecular formula is I3NdO9. The maximum Gasteiger partial charge on any atom is 3.00 e.